The predicted octanol–water partition coefficient (Wildman–Crippen LogP) is 3.04. The SMILES string of the molecule is CC(Cc1ccc(Cl)cc1)C(=O)NCC(=O)Nc1ccc2c(c1)OCCO2. The molecule has 6 nitrogen and oxygen atoms in total. The van der Waals surface area contributed by atoms with Crippen molar-refractivity contribution in [1.82, 2.24) is 5.32 Å². The molecule has 2 N–H and O–H groups in total. The molecule has 7 heteroatoms. The van der Waals surface area contributed by atoms with Gasteiger partial charge < -0.3 is 20.1 Å². The third-order valence-electron chi connectivity index (χ3n) is 4.15. The summed E-state index contributed by atoms with van der Waals surface area (Å²) in [6.07, 6.45) is 0.576. The van der Waals surface area contributed by atoms with E-state index in [1.165, 1.54) is 0 Å². The van der Waals surface area contributed by atoms with Crippen LogP contribution in [0.25, 0.3) is 0 Å². The summed E-state index contributed by atoms with van der Waals surface area (Å²) < 4.78 is 10.9. The fraction of sp³-hybridized carbons (Fsp3) is 0.300. The molecule has 0 aromatic heterocycles. The number of halogens is 1. The van der Waals surface area contributed by atoms with Gasteiger partial charge in [-0.25, -0.2) is 0 Å². The van der Waals surface area contributed by atoms with Gasteiger partial charge in [-0.2, -0.15) is 0 Å². The minimum atomic E-state index is -0.307. The standard InChI is InChI=1S/C20H21ClN2O4/c1-13(10-14-2-4-15(21)5-3-14)20(25)22-12-19(24)23-16-6-7-17-18(11-16)27-9-8-26-17/h2-7,11,13H,8-10,12H2,1H3,(H,22,25)(H,23,24). The average Bonchev–Trinajstić information content (AvgIpc) is 2.67. The lowest BCUT2D eigenvalue weighted by Crippen LogP contribution is -2.36. The van der Waals surface area contributed by atoms with Gasteiger partial charge in [0.15, 0.2) is 11.5 Å². The Morgan fingerprint density at radius 2 is 1.78 bits per heavy atom. The van der Waals surface area contributed by atoms with Gasteiger partial charge in [0.2, 0.25) is 11.8 Å². The first-order valence-electron chi connectivity index (χ1n) is 8.73. The molecule has 1 aliphatic rings. The smallest absolute Gasteiger partial charge is 0.243 e. The van der Waals surface area contributed by atoms with Crippen molar-refractivity contribution in [3.63, 3.8) is 0 Å². The highest BCUT2D eigenvalue weighted by atomic mass is 35.5. The zero-order valence-corrected chi connectivity index (χ0v) is 15.7. The average molecular weight is 389 g/mol. The predicted molar refractivity (Wildman–Crippen MR) is 103 cm³/mol. The van der Waals surface area contributed by atoms with E-state index in [0.717, 1.165) is 5.56 Å². The van der Waals surface area contributed by atoms with Crippen LogP contribution in [0.4, 0.5) is 5.69 Å². The van der Waals surface area contributed by atoms with Gasteiger partial charge in [0.25, 0.3) is 0 Å². The van der Waals surface area contributed by atoms with E-state index < -0.39 is 0 Å². The fourth-order valence-electron chi connectivity index (χ4n) is 2.73. The first-order chi connectivity index (χ1) is 13.0. The fourth-order valence-corrected chi connectivity index (χ4v) is 2.86. The van der Waals surface area contributed by atoms with E-state index in [2.05, 4.69) is 10.6 Å². The van der Waals surface area contributed by atoms with Crippen LogP contribution in [0.2, 0.25) is 5.02 Å². The molecule has 1 aliphatic heterocycles. The summed E-state index contributed by atoms with van der Waals surface area (Å²) in [7, 11) is 0. The molecule has 27 heavy (non-hydrogen) atoms. The van der Waals surface area contributed by atoms with E-state index >= 15 is 0 Å². The van der Waals surface area contributed by atoms with Crippen LogP contribution in [0, 0.1) is 5.92 Å². The van der Waals surface area contributed by atoms with Crippen LogP contribution in [-0.2, 0) is 16.0 Å². The maximum absolute atomic E-state index is 12.2. The normalized spacial score (nSPS) is 13.6. The third-order valence-corrected chi connectivity index (χ3v) is 4.40. The lowest BCUT2D eigenvalue weighted by Gasteiger charge is -2.19. The molecule has 0 fully saturated rings. The number of anilines is 1. The summed E-state index contributed by atoms with van der Waals surface area (Å²) in [5.74, 6) is 0.512. The maximum atomic E-state index is 12.2. The van der Waals surface area contributed by atoms with Crippen LogP contribution in [-0.4, -0.2) is 31.6 Å². The molecule has 1 heterocycles. The molecule has 0 radical (unpaired) electrons. The molecule has 0 spiro atoms. The van der Waals surface area contributed by atoms with E-state index in [-0.39, 0.29) is 24.3 Å². The number of benzene rings is 2. The second kappa shape index (κ2) is 8.77. The summed E-state index contributed by atoms with van der Waals surface area (Å²) in [6.45, 7) is 2.71. The van der Waals surface area contributed by atoms with E-state index in [4.69, 9.17) is 21.1 Å². The Kier molecular flexibility index (Phi) is 6.19. The van der Waals surface area contributed by atoms with Gasteiger partial charge in [-0.3, -0.25) is 9.59 Å². The highest BCUT2D eigenvalue weighted by molar-refractivity contribution is 6.30. The van der Waals surface area contributed by atoms with Gasteiger partial charge >= 0.3 is 0 Å². The van der Waals surface area contributed by atoms with E-state index in [1.807, 2.05) is 19.1 Å². The molecule has 2 aromatic carbocycles. The monoisotopic (exact) mass is 388 g/mol. The number of hydrogen-bond acceptors (Lipinski definition) is 4. The molecule has 0 saturated heterocycles. The second-order valence-electron chi connectivity index (χ2n) is 6.36. The van der Waals surface area contributed by atoms with Gasteiger partial charge in [-0.1, -0.05) is 30.7 Å². The van der Waals surface area contributed by atoms with E-state index in [9.17, 15) is 9.59 Å². The molecule has 2 amide bonds. The zero-order valence-electron chi connectivity index (χ0n) is 15.0. The number of fused-ring (bicyclic) bond motifs is 1. The van der Waals surface area contributed by atoms with Crippen molar-refractivity contribution in [2.75, 3.05) is 25.1 Å². The number of rotatable bonds is 6. The van der Waals surface area contributed by atoms with Crippen LogP contribution < -0.4 is 20.1 Å². The van der Waals surface area contributed by atoms with Crippen molar-refractivity contribution in [2.24, 2.45) is 5.92 Å². The number of nitrogens with one attached hydrogen (secondary N) is 2. The molecule has 0 saturated carbocycles. The number of carbonyl (C=O) groups excluding carboxylic acids is 2. The summed E-state index contributed by atoms with van der Waals surface area (Å²) in [5.41, 5.74) is 1.61. The Morgan fingerprint density at radius 3 is 2.52 bits per heavy atom. The van der Waals surface area contributed by atoms with Crippen LogP contribution in [0.1, 0.15) is 12.5 Å². The van der Waals surface area contributed by atoms with Crippen molar-refractivity contribution >= 4 is 29.1 Å². The van der Waals surface area contributed by atoms with Gasteiger partial charge in [-0.15, -0.1) is 0 Å². The van der Waals surface area contributed by atoms with Crippen LogP contribution >= 0.6 is 11.6 Å². The van der Waals surface area contributed by atoms with Gasteiger partial charge in [0.1, 0.15) is 13.2 Å². The van der Waals surface area contributed by atoms with Crippen molar-refractivity contribution in [3.05, 3.63) is 53.1 Å². The lowest BCUT2D eigenvalue weighted by atomic mass is 10.0. The number of ether oxygens (including phenoxy) is 2. The van der Waals surface area contributed by atoms with Crippen LogP contribution in [0.15, 0.2) is 42.5 Å². The molecule has 0 aliphatic carbocycles. The Labute approximate surface area is 162 Å². The quantitative estimate of drug-likeness (QED) is 0.797. The van der Waals surface area contributed by atoms with Crippen molar-refractivity contribution in [2.45, 2.75) is 13.3 Å². The summed E-state index contributed by atoms with van der Waals surface area (Å²) in [5, 5.41) is 6.06. The summed E-state index contributed by atoms with van der Waals surface area (Å²) >= 11 is 5.86. The first-order valence-corrected chi connectivity index (χ1v) is 9.11. The van der Waals surface area contributed by atoms with E-state index in [0.29, 0.717) is 41.8 Å². The number of hydrogen-bond donors (Lipinski definition) is 2. The van der Waals surface area contributed by atoms with E-state index in [1.54, 1.807) is 30.3 Å². The topological polar surface area (TPSA) is 76.7 Å². The number of carbonyl (C=O) groups is 2. The molecule has 1 atom stereocenters. The van der Waals surface area contributed by atoms with Gasteiger partial charge in [-0.05, 0) is 36.2 Å². The second-order valence-corrected chi connectivity index (χ2v) is 6.79. The molecule has 1 unspecified atom stereocenters. The minimum Gasteiger partial charge on any atom is -0.486 e. The summed E-state index contributed by atoms with van der Waals surface area (Å²) in [6, 6.07) is 12.6. The molecule has 0 bridgehead atoms. The highest BCUT2D eigenvalue weighted by Gasteiger charge is 2.16. The van der Waals surface area contributed by atoms with Crippen molar-refractivity contribution in [1.29, 1.82) is 0 Å². The van der Waals surface area contributed by atoms with Crippen molar-refractivity contribution in [3.8, 4) is 11.5 Å². The zero-order chi connectivity index (χ0) is 19.2. The molecule has 2 aromatic rings. The summed E-state index contributed by atoms with van der Waals surface area (Å²) in [4.78, 5) is 24.3. The molecular weight excluding hydrogens is 368 g/mol. The Bertz CT molecular complexity index is 823. The maximum Gasteiger partial charge on any atom is 0.243 e. The Balaban J connectivity index is 1.46. The third kappa shape index (κ3) is 5.37. The minimum absolute atomic E-state index is 0.0990. The Hall–Kier alpha value is -2.73. The number of amides is 2. The van der Waals surface area contributed by atoms with Crippen LogP contribution in [0.3, 0.4) is 0 Å². The van der Waals surface area contributed by atoms with Crippen LogP contribution in [0.5, 0.6) is 11.5 Å². The van der Waals surface area contributed by atoms with Gasteiger partial charge in [0.05, 0.1) is 6.54 Å². The lowest BCUT2D eigenvalue weighted by molar-refractivity contribution is -0.126. The highest BCUT2D eigenvalue weighted by Crippen LogP contribution is 2.32. The molecule has 3 rings (SSSR count). The van der Waals surface area contributed by atoms with Gasteiger partial charge in [0, 0.05) is 22.7 Å². The molecular formula is C20H21ClN2O4. The Morgan fingerprint density at radius 1 is 1.07 bits per heavy atom. The van der Waals surface area contributed by atoms with Crippen molar-refractivity contribution < 1.29 is 19.1 Å². The first kappa shape index (κ1) is 19.0. The molecule has 142 valence electrons. The largest absolute Gasteiger partial charge is 0.486 e.